The van der Waals surface area contributed by atoms with Crippen LogP contribution in [0.5, 0.6) is 0 Å². The first kappa shape index (κ1) is 13.8. The van der Waals surface area contributed by atoms with Crippen LogP contribution >= 0.6 is 0 Å². The molecule has 0 aromatic rings. The van der Waals surface area contributed by atoms with E-state index in [1.165, 1.54) is 0 Å². The SMILES string of the molecule is O=C1CCCC(=O)C2=C(CCC2)C(=O)CCCC1=O. The van der Waals surface area contributed by atoms with E-state index in [-0.39, 0.29) is 37.2 Å². The second-order valence-electron chi connectivity index (χ2n) is 5.21. The molecule has 102 valence electrons. The summed E-state index contributed by atoms with van der Waals surface area (Å²) >= 11 is 0. The smallest absolute Gasteiger partial charge is 0.198 e. The number of allylic oxidation sites excluding steroid dienone is 2. The molecule has 0 bridgehead atoms. The van der Waals surface area contributed by atoms with Gasteiger partial charge < -0.3 is 0 Å². The number of ketones is 4. The normalized spacial score (nSPS) is 23.2. The van der Waals surface area contributed by atoms with E-state index in [9.17, 15) is 19.2 Å². The molecule has 0 aliphatic heterocycles. The van der Waals surface area contributed by atoms with Gasteiger partial charge in [-0.15, -0.1) is 0 Å². The van der Waals surface area contributed by atoms with Crippen LogP contribution in [-0.2, 0) is 19.2 Å². The molecule has 4 nitrogen and oxygen atoms in total. The molecule has 0 amide bonds. The summed E-state index contributed by atoms with van der Waals surface area (Å²) in [7, 11) is 0. The summed E-state index contributed by atoms with van der Waals surface area (Å²) in [5, 5.41) is 0. The molecule has 4 heteroatoms. The van der Waals surface area contributed by atoms with Crippen molar-refractivity contribution in [2.75, 3.05) is 0 Å². The quantitative estimate of drug-likeness (QED) is 0.627. The van der Waals surface area contributed by atoms with Crippen LogP contribution in [-0.4, -0.2) is 23.1 Å². The molecular formula is C15H18O4. The number of rotatable bonds is 0. The van der Waals surface area contributed by atoms with Crippen molar-refractivity contribution >= 4 is 23.1 Å². The van der Waals surface area contributed by atoms with Crippen LogP contribution in [0.15, 0.2) is 11.1 Å². The van der Waals surface area contributed by atoms with E-state index in [1.807, 2.05) is 0 Å². The third kappa shape index (κ3) is 3.25. The van der Waals surface area contributed by atoms with Crippen molar-refractivity contribution in [2.45, 2.75) is 57.8 Å². The van der Waals surface area contributed by atoms with Crippen LogP contribution in [0, 0.1) is 0 Å². The molecule has 0 N–H and O–H groups in total. The zero-order valence-corrected chi connectivity index (χ0v) is 11.0. The zero-order valence-electron chi connectivity index (χ0n) is 11.0. The van der Waals surface area contributed by atoms with Gasteiger partial charge in [0.25, 0.3) is 0 Å². The van der Waals surface area contributed by atoms with E-state index in [4.69, 9.17) is 0 Å². The monoisotopic (exact) mass is 262 g/mol. The second-order valence-corrected chi connectivity index (χ2v) is 5.21. The van der Waals surface area contributed by atoms with Crippen LogP contribution in [0.4, 0.5) is 0 Å². The molecule has 2 aliphatic rings. The second kappa shape index (κ2) is 6.04. The standard InChI is InChI=1S/C15H18O4/c16-12-6-2-8-14(18)15(19)9-3-7-13(17)11-5-1-4-10(11)12/h1-9H2. The number of Topliss-reactive ketones (excluding diaryl/α,β-unsaturated/α-hetero) is 4. The largest absolute Gasteiger partial charge is 0.295 e. The molecule has 0 heterocycles. The zero-order chi connectivity index (χ0) is 13.8. The van der Waals surface area contributed by atoms with Crippen molar-refractivity contribution in [3.8, 4) is 0 Å². The van der Waals surface area contributed by atoms with E-state index in [2.05, 4.69) is 0 Å². The molecule has 0 saturated carbocycles. The maximum absolute atomic E-state index is 12.0. The first-order valence-electron chi connectivity index (χ1n) is 6.94. The highest BCUT2D eigenvalue weighted by molar-refractivity contribution is 6.37. The van der Waals surface area contributed by atoms with Crippen LogP contribution in [0.3, 0.4) is 0 Å². The van der Waals surface area contributed by atoms with Crippen LogP contribution in [0.1, 0.15) is 57.8 Å². The highest BCUT2D eigenvalue weighted by Gasteiger charge is 2.26. The fraction of sp³-hybridized carbons (Fsp3) is 0.600. The summed E-state index contributed by atoms with van der Waals surface area (Å²) in [5.41, 5.74) is 1.37. The van der Waals surface area contributed by atoms with E-state index in [1.54, 1.807) is 0 Å². The lowest BCUT2D eigenvalue weighted by Gasteiger charge is -2.08. The van der Waals surface area contributed by atoms with E-state index >= 15 is 0 Å². The molecule has 0 atom stereocenters. The molecule has 0 radical (unpaired) electrons. The number of carbonyl (C=O) groups excluding carboxylic acids is 4. The van der Waals surface area contributed by atoms with Gasteiger partial charge in [0, 0.05) is 36.8 Å². The number of hydrogen-bond donors (Lipinski definition) is 0. The van der Waals surface area contributed by atoms with Gasteiger partial charge in [0.15, 0.2) is 23.1 Å². The lowest BCUT2D eigenvalue weighted by atomic mass is 9.94. The van der Waals surface area contributed by atoms with Crippen LogP contribution in [0.25, 0.3) is 0 Å². The summed E-state index contributed by atoms with van der Waals surface area (Å²) < 4.78 is 0. The topological polar surface area (TPSA) is 68.3 Å². The van der Waals surface area contributed by atoms with Crippen LogP contribution in [0.2, 0.25) is 0 Å². The molecule has 2 rings (SSSR count). The average molecular weight is 262 g/mol. The van der Waals surface area contributed by atoms with Gasteiger partial charge in [-0.25, -0.2) is 0 Å². The molecule has 2 aliphatic carbocycles. The van der Waals surface area contributed by atoms with E-state index in [0.29, 0.717) is 36.8 Å². The van der Waals surface area contributed by atoms with Gasteiger partial charge in [-0.2, -0.15) is 0 Å². The maximum Gasteiger partial charge on any atom is 0.198 e. The Morgan fingerprint density at radius 3 is 1.16 bits per heavy atom. The average Bonchev–Trinajstić information content (AvgIpc) is 2.86. The van der Waals surface area contributed by atoms with E-state index < -0.39 is 11.6 Å². The van der Waals surface area contributed by atoms with Crippen LogP contribution < -0.4 is 0 Å². The van der Waals surface area contributed by atoms with Crippen molar-refractivity contribution in [1.82, 2.24) is 0 Å². The lowest BCUT2D eigenvalue weighted by Crippen LogP contribution is -2.16. The molecule has 19 heavy (non-hydrogen) atoms. The van der Waals surface area contributed by atoms with Crippen molar-refractivity contribution < 1.29 is 19.2 Å². The number of carbonyl (C=O) groups is 4. The van der Waals surface area contributed by atoms with Crippen molar-refractivity contribution in [2.24, 2.45) is 0 Å². The fourth-order valence-electron chi connectivity index (χ4n) is 2.76. The molecular weight excluding hydrogens is 244 g/mol. The van der Waals surface area contributed by atoms with Gasteiger partial charge in [0.2, 0.25) is 0 Å². The maximum atomic E-state index is 12.0. The van der Waals surface area contributed by atoms with Crippen molar-refractivity contribution in [3.63, 3.8) is 0 Å². The minimum absolute atomic E-state index is 0.0123. The van der Waals surface area contributed by atoms with Gasteiger partial charge in [-0.05, 0) is 32.1 Å². The molecule has 0 saturated heterocycles. The predicted octanol–water partition coefficient (Wildman–Crippen LogP) is 2.10. The van der Waals surface area contributed by atoms with Gasteiger partial charge in [0.05, 0.1) is 0 Å². The minimum Gasteiger partial charge on any atom is -0.295 e. The summed E-state index contributed by atoms with van der Waals surface area (Å²) in [6.07, 6.45) is 3.90. The van der Waals surface area contributed by atoms with Gasteiger partial charge >= 0.3 is 0 Å². The van der Waals surface area contributed by atoms with Crippen molar-refractivity contribution in [1.29, 1.82) is 0 Å². The summed E-state index contributed by atoms with van der Waals surface area (Å²) in [6, 6.07) is 0. The Kier molecular flexibility index (Phi) is 4.40. The van der Waals surface area contributed by atoms with Gasteiger partial charge in [-0.1, -0.05) is 0 Å². The highest BCUT2D eigenvalue weighted by atomic mass is 16.2. The summed E-state index contributed by atoms with van der Waals surface area (Å²) in [5.74, 6) is -0.828. The van der Waals surface area contributed by atoms with E-state index in [0.717, 1.165) is 6.42 Å². The lowest BCUT2D eigenvalue weighted by molar-refractivity contribution is -0.136. The predicted molar refractivity (Wildman–Crippen MR) is 68.6 cm³/mol. The third-order valence-corrected chi connectivity index (χ3v) is 3.82. The fourth-order valence-corrected chi connectivity index (χ4v) is 2.76. The summed E-state index contributed by atoms with van der Waals surface area (Å²) in [4.78, 5) is 47.1. The van der Waals surface area contributed by atoms with Crippen molar-refractivity contribution in [3.05, 3.63) is 11.1 Å². The Bertz CT molecular complexity index is 429. The van der Waals surface area contributed by atoms with Gasteiger partial charge in [-0.3, -0.25) is 19.2 Å². The first-order valence-corrected chi connectivity index (χ1v) is 6.94. The third-order valence-electron chi connectivity index (χ3n) is 3.82. The highest BCUT2D eigenvalue weighted by Crippen LogP contribution is 2.30. The molecule has 0 fully saturated rings. The molecule has 0 spiro atoms. The Labute approximate surface area is 112 Å². The summed E-state index contributed by atoms with van der Waals surface area (Å²) in [6.45, 7) is 0. The van der Waals surface area contributed by atoms with Gasteiger partial charge in [0.1, 0.15) is 0 Å². The number of hydrogen-bond acceptors (Lipinski definition) is 4. The molecule has 0 aromatic heterocycles. The molecule has 0 unspecified atom stereocenters. The first-order chi connectivity index (χ1) is 9.09. The minimum atomic E-state index is -0.401. The Balaban J connectivity index is 2.17. The Hall–Kier alpha value is -1.58. The Morgan fingerprint density at radius 1 is 0.421 bits per heavy atom. The molecule has 0 aromatic carbocycles. The Morgan fingerprint density at radius 2 is 0.737 bits per heavy atom.